The topological polar surface area (TPSA) is 50.4 Å². The summed E-state index contributed by atoms with van der Waals surface area (Å²) in [4.78, 5) is 11.9. The molecule has 1 heterocycles. The van der Waals surface area contributed by atoms with Crippen molar-refractivity contribution in [3.05, 3.63) is 35.4 Å². The zero-order chi connectivity index (χ0) is 15.4. The smallest absolute Gasteiger partial charge is 0.315 e. The number of halogens is 2. The summed E-state index contributed by atoms with van der Waals surface area (Å²) >= 11 is 0. The highest BCUT2D eigenvalue weighted by atomic mass is 19.2. The van der Waals surface area contributed by atoms with Gasteiger partial charge in [0.25, 0.3) is 0 Å². The molecule has 0 aromatic heterocycles. The largest absolute Gasteiger partial charge is 0.376 e. The molecule has 2 N–H and O–H groups in total. The van der Waals surface area contributed by atoms with Crippen molar-refractivity contribution < 1.29 is 18.3 Å². The maximum atomic E-state index is 13.2. The van der Waals surface area contributed by atoms with Crippen molar-refractivity contribution >= 4 is 6.03 Å². The number of rotatable bonds is 4. The number of hydrogen-bond donors (Lipinski definition) is 2. The second kappa shape index (κ2) is 6.85. The van der Waals surface area contributed by atoms with Crippen molar-refractivity contribution in [1.29, 1.82) is 0 Å². The molecule has 2 amide bonds. The highest BCUT2D eigenvalue weighted by Gasteiger charge is 2.24. The molecular weight excluding hydrogens is 278 g/mol. The van der Waals surface area contributed by atoms with E-state index in [1.807, 2.05) is 6.92 Å². The van der Waals surface area contributed by atoms with Gasteiger partial charge in [-0.05, 0) is 44.4 Å². The number of benzene rings is 1. The zero-order valence-electron chi connectivity index (χ0n) is 12.2. The van der Waals surface area contributed by atoms with Crippen LogP contribution in [0.5, 0.6) is 0 Å². The van der Waals surface area contributed by atoms with Gasteiger partial charge in [0.15, 0.2) is 11.6 Å². The van der Waals surface area contributed by atoms with Crippen LogP contribution in [0.25, 0.3) is 0 Å². The van der Waals surface area contributed by atoms with Crippen LogP contribution in [0.2, 0.25) is 0 Å². The average molecular weight is 298 g/mol. The van der Waals surface area contributed by atoms with E-state index in [1.54, 1.807) is 6.92 Å². The molecule has 0 spiro atoms. The third-order valence-corrected chi connectivity index (χ3v) is 3.67. The van der Waals surface area contributed by atoms with Gasteiger partial charge >= 0.3 is 6.03 Å². The van der Waals surface area contributed by atoms with Crippen molar-refractivity contribution in [1.82, 2.24) is 10.6 Å². The Morgan fingerprint density at radius 2 is 2.05 bits per heavy atom. The van der Waals surface area contributed by atoms with E-state index in [4.69, 9.17) is 4.74 Å². The quantitative estimate of drug-likeness (QED) is 0.898. The molecule has 0 saturated carbocycles. The number of nitrogens with one attached hydrogen (secondary N) is 2. The molecule has 3 unspecified atom stereocenters. The van der Waals surface area contributed by atoms with E-state index in [0.717, 1.165) is 31.6 Å². The fourth-order valence-electron chi connectivity index (χ4n) is 2.40. The predicted octanol–water partition coefficient (Wildman–Crippen LogP) is 2.89. The Bertz CT molecular complexity index is 504. The first-order valence-corrected chi connectivity index (χ1v) is 7.11. The van der Waals surface area contributed by atoms with Gasteiger partial charge < -0.3 is 15.4 Å². The van der Waals surface area contributed by atoms with Crippen LogP contribution < -0.4 is 10.6 Å². The predicted molar refractivity (Wildman–Crippen MR) is 74.9 cm³/mol. The van der Waals surface area contributed by atoms with Crippen molar-refractivity contribution in [2.75, 3.05) is 6.61 Å². The number of urea groups is 1. The Kier molecular flexibility index (Phi) is 5.12. The SMILES string of the molecule is CC(NC(=O)NC(C)C1CCCO1)c1ccc(F)c(F)c1. The number of carbonyl (C=O) groups excluding carboxylic acids is 1. The fraction of sp³-hybridized carbons (Fsp3) is 0.533. The normalized spacial score (nSPS) is 20.9. The molecule has 116 valence electrons. The number of carbonyl (C=O) groups is 1. The molecule has 0 aliphatic carbocycles. The van der Waals surface area contributed by atoms with Crippen LogP contribution in [0.3, 0.4) is 0 Å². The lowest BCUT2D eigenvalue weighted by Crippen LogP contribution is -2.46. The minimum Gasteiger partial charge on any atom is -0.376 e. The molecule has 0 radical (unpaired) electrons. The lowest BCUT2D eigenvalue weighted by molar-refractivity contribution is 0.0859. The van der Waals surface area contributed by atoms with Gasteiger partial charge in [-0.3, -0.25) is 0 Å². The van der Waals surface area contributed by atoms with E-state index < -0.39 is 17.7 Å². The molecule has 3 atom stereocenters. The van der Waals surface area contributed by atoms with E-state index >= 15 is 0 Å². The van der Waals surface area contributed by atoms with Crippen LogP contribution in [0.1, 0.15) is 38.3 Å². The van der Waals surface area contributed by atoms with Crippen molar-refractivity contribution in [3.8, 4) is 0 Å². The maximum absolute atomic E-state index is 13.2. The summed E-state index contributed by atoms with van der Waals surface area (Å²) in [6, 6.07) is 2.73. The lowest BCUT2D eigenvalue weighted by atomic mass is 10.1. The average Bonchev–Trinajstić information content (AvgIpc) is 2.95. The Balaban J connectivity index is 1.87. The summed E-state index contributed by atoms with van der Waals surface area (Å²) < 4.78 is 31.6. The van der Waals surface area contributed by atoms with Gasteiger partial charge in [0, 0.05) is 6.61 Å². The summed E-state index contributed by atoms with van der Waals surface area (Å²) in [5, 5.41) is 5.51. The zero-order valence-corrected chi connectivity index (χ0v) is 12.2. The van der Waals surface area contributed by atoms with E-state index in [-0.39, 0.29) is 18.2 Å². The highest BCUT2D eigenvalue weighted by molar-refractivity contribution is 5.74. The lowest BCUT2D eigenvalue weighted by Gasteiger charge is -2.22. The van der Waals surface area contributed by atoms with E-state index in [0.29, 0.717) is 5.56 Å². The van der Waals surface area contributed by atoms with E-state index in [2.05, 4.69) is 10.6 Å². The van der Waals surface area contributed by atoms with Gasteiger partial charge in [0.05, 0.1) is 18.2 Å². The van der Waals surface area contributed by atoms with E-state index in [1.165, 1.54) is 6.07 Å². The Morgan fingerprint density at radius 3 is 2.67 bits per heavy atom. The van der Waals surface area contributed by atoms with Crippen molar-refractivity contribution in [2.45, 2.75) is 44.9 Å². The first-order chi connectivity index (χ1) is 9.97. The van der Waals surface area contributed by atoms with Crippen molar-refractivity contribution in [2.24, 2.45) is 0 Å². The monoisotopic (exact) mass is 298 g/mol. The van der Waals surface area contributed by atoms with Gasteiger partial charge in [-0.25, -0.2) is 13.6 Å². The second-order valence-corrected chi connectivity index (χ2v) is 5.35. The number of ether oxygens (including phenoxy) is 1. The molecule has 0 bridgehead atoms. The van der Waals surface area contributed by atoms with Crippen LogP contribution in [0.4, 0.5) is 13.6 Å². The summed E-state index contributed by atoms with van der Waals surface area (Å²) in [6.07, 6.45) is 1.97. The van der Waals surface area contributed by atoms with Gasteiger partial charge in [0.1, 0.15) is 0 Å². The van der Waals surface area contributed by atoms with Gasteiger partial charge in [-0.1, -0.05) is 6.07 Å². The molecule has 4 nitrogen and oxygen atoms in total. The van der Waals surface area contributed by atoms with E-state index in [9.17, 15) is 13.6 Å². The molecule has 1 fully saturated rings. The standard InChI is InChI=1S/C15H20F2N2O2/c1-9(11-5-6-12(16)13(17)8-11)18-15(20)19-10(2)14-4-3-7-21-14/h5-6,8-10,14H,3-4,7H2,1-2H3,(H2,18,19,20). The Hall–Kier alpha value is -1.69. The van der Waals surface area contributed by atoms with Crippen LogP contribution in [-0.4, -0.2) is 24.8 Å². The van der Waals surface area contributed by atoms with Gasteiger partial charge in [-0.2, -0.15) is 0 Å². The minimum atomic E-state index is -0.922. The fourth-order valence-corrected chi connectivity index (χ4v) is 2.40. The molecule has 1 aliphatic rings. The summed E-state index contributed by atoms with van der Waals surface area (Å²) in [5.74, 6) is -1.82. The highest BCUT2D eigenvalue weighted by Crippen LogP contribution is 2.17. The molecule has 1 aromatic rings. The second-order valence-electron chi connectivity index (χ2n) is 5.35. The summed E-state index contributed by atoms with van der Waals surface area (Å²) in [7, 11) is 0. The molecule has 1 aliphatic heterocycles. The van der Waals surface area contributed by atoms with Crippen LogP contribution in [-0.2, 0) is 4.74 Å². The van der Waals surface area contributed by atoms with Gasteiger partial charge in [0.2, 0.25) is 0 Å². The number of amides is 2. The third kappa shape index (κ3) is 4.14. The first-order valence-electron chi connectivity index (χ1n) is 7.11. The minimum absolute atomic E-state index is 0.0364. The molecule has 1 aromatic carbocycles. The molecule has 1 saturated heterocycles. The van der Waals surface area contributed by atoms with Crippen LogP contribution in [0.15, 0.2) is 18.2 Å². The number of hydrogen-bond acceptors (Lipinski definition) is 2. The van der Waals surface area contributed by atoms with Crippen molar-refractivity contribution in [3.63, 3.8) is 0 Å². The first kappa shape index (κ1) is 15.7. The molecule has 2 rings (SSSR count). The van der Waals surface area contributed by atoms with Crippen LogP contribution >= 0.6 is 0 Å². The Labute approximate surface area is 122 Å². The molecular formula is C15H20F2N2O2. The Morgan fingerprint density at radius 1 is 1.29 bits per heavy atom. The maximum Gasteiger partial charge on any atom is 0.315 e. The van der Waals surface area contributed by atoms with Gasteiger partial charge in [-0.15, -0.1) is 0 Å². The molecule has 21 heavy (non-hydrogen) atoms. The summed E-state index contributed by atoms with van der Waals surface area (Å²) in [5.41, 5.74) is 0.508. The van der Waals surface area contributed by atoms with Crippen LogP contribution in [0, 0.1) is 11.6 Å². The third-order valence-electron chi connectivity index (χ3n) is 3.67. The summed E-state index contributed by atoms with van der Waals surface area (Å²) in [6.45, 7) is 4.32. The molecule has 6 heteroatoms.